The first kappa shape index (κ1) is 11.9. The Morgan fingerprint density at radius 1 is 1.17 bits per heavy atom. The van der Waals surface area contributed by atoms with Gasteiger partial charge in [-0.3, -0.25) is 0 Å². The minimum Gasteiger partial charge on any atom is -0.315 e. The van der Waals surface area contributed by atoms with Crippen molar-refractivity contribution in [2.45, 2.75) is 25.2 Å². The van der Waals surface area contributed by atoms with Crippen LogP contribution in [0.25, 0.3) is 0 Å². The molecule has 2 aromatic rings. The van der Waals surface area contributed by atoms with Crippen LogP contribution in [0, 0.1) is 6.92 Å². The molecule has 18 heavy (non-hydrogen) atoms. The molecule has 0 saturated carbocycles. The van der Waals surface area contributed by atoms with E-state index in [1.807, 2.05) is 11.3 Å². The summed E-state index contributed by atoms with van der Waals surface area (Å²) >= 11 is 1.88. The second-order valence-electron chi connectivity index (χ2n) is 5.28. The summed E-state index contributed by atoms with van der Waals surface area (Å²) in [4.78, 5) is 1.51. The number of aryl methyl sites for hydroxylation is 2. The molecule has 94 valence electrons. The van der Waals surface area contributed by atoms with Crippen LogP contribution in [-0.2, 0) is 11.8 Å². The van der Waals surface area contributed by atoms with Crippen LogP contribution in [0.5, 0.6) is 0 Å². The summed E-state index contributed by atoms with van der Waals surface area (Å²) < 4.78 is 0. The molecular weight excluding hydrogens is 238 g/mol. The average Bonchev–Trinajstić information content (AvgIpc) is 2.83. The Kier molecular flexibility index (Phi) is 3.23. The smallest absolute Gasteiger partial charge is 0.0208 e. The third-order valence-corrected chi connectivity index (χ3v) is 5.01. The second kappa shape index (κ2) is 4.87. The van der Waals surface area contributed by atoms with E-state index in [1.165, 1.54) is 23.3 Å². The van der Waals surface area contributed by atoms with Crippen LogP contribution in [-0.4, -0.2) is 13.1 Å². The Hall–Kier alpha value is -1.12. The summed E-state index contributed by atoms with van der Waals surface area (Å²) in [7, 11) is 0. The number of benzene rings is 1. The zero-order valence-corrected chi connectivity index (χ0v) is 11.6. The van der Waals surface area contributed by atoms with Crippen molar-refractivity contribution in [3.63, 3.8) is 0 Å². The molecule has 3 rings (SSSR count). The summed E-state index contributed by atoms with van der Waals surface area (Å²) in [5.74, 6) is 0. The van der Waals surface area contributed by atoms with Crippen LogP contribution in [0.2, 0.25) is 0 Å². The molecule has 1 nitrogen and oxygen atoms in total. The van der Waals surface area contributed by atoms with E-state index in [0.717, 1.165) is 13.1 Å². The van der Waals surface area contributed by atoms with Gasteiger partial charge in [0.1, 0.15) is 0 Å². The Morgan fingerprint density at radius 2 is 2.00 bits per heavy atom. The summed E-state index contributed by atoms with van der Waals surface area (Å²) in [5, 5.41) is 5.64. The largest absolute Gasteiger partial charge is 0.315 e. The molecule has 1 aliphatic heterocycles. The fraction of sp³-hybridized carbons (Fsp3) is 0.375. The quantitative estimate of drug-likeness (QED) is 0.883. The topological polar surface area (TPSA) is 12.0 Å². The lowest BCUT2D eigenvalue weighted by Gasteiger charge is -2.44. The first-order valence-corrected chi connectivity index (χ1v) is 7.47. The molecule has 0 radical (unpaired) electrons. The molecule has 2 heterocycles. The first-order valence-electron chi connectivity index (χ1n) is 6.59. The Morgan fingerprint density at radius 3 is 2.61 bits per heavy atom. The van der Waals surface area contributed by atoms with E-state index >= 15 is 0 Å². The van der Waals surface area contributed by atoms with E-state index < -0.39 is 0 Å². The molecule has 2 heteroatoms. The van der Waals surface area contributed by atoms with Crippen molar-refractivity contribution in [1.29, 1.82) is 0 Å². The van der Waals surface area contributed by atoms with Crippen molar-refractivity contribution < 1.29 is 0 Å². The number of thiophene rings is 1. The molecule has 1 saturated heterocycles. The molecule has 0 aliphatic carbocycles. The van der Waals surface area contributed by atoms with E-state index in [-0.39, 0.29) is 0 Å². The standard InChI is InChI=1S/C16H19NS/c1-13-5-2-3-7-15(13)16(11-17-12-16)9-8-14-6-4-10-18-14/h2-7,10,17H,8-9,11-12H2,1H3. The predicted molar refractivity (Wildman–Crippen MR) is 78.4 cm³/mol. The average molecular weight is 257 g/mol. The first-order chi connectivity index (χ1) is 8.80. The molecule has 0 amide bonds. The normalized spacial score (nSPS) is 17.4. The molecule has 0 atom stereocenters. The Balaban J connectivity index is 1.80. The highest BCUT2D eigenvalue weighted by Crippen LogP contribution is 2.35. The number of hydrogen-bond acceptors (Lipinski definition) is 2. The van der Waals surface area contributed by atoms with Gasteiger partial charge in [0.05, 0.1) is 0 Å². The lowest BCUT2D eigenvalue weighted by molar-refractivity contribution is 0.257. The van der Waals surface area contributed by atoms with E-state index in [0.29, 0.717) is 5.41 Å². The van der Waals surface area contributed by atoms with Crippen LogP contribution in [0.4, 0.5) is 0 Å². The van der Waals surface area contributed by atoms with Gasteiger partial charge in [-0.2, -0.15) is 0 Å². The van der Waals surface area contributed by atoms with Gasteiger partial charge < -0.3 is 5.32 Å². The Bertz CT molecular complexity index is 512. The van der Waals surface area contributed by atoms with Crippen molar-refractivity contribution in [2.24, 2.45) is 0 Å². The molecule has 1 aliphatic rings. The molecule has 1 aromatic carbocycles. The van der Waals surface area contributed by atoms with Crippen LogP contribution in [0.1, 0.15) is 22.4 Å². The molecule has 1 N–H and O–H groups in total. The van der Waals surface area contributed by atoms with Gasteiger partial charge >= 0.3 is 0 Å². The Labute approximate surface area is 113 Å². The highest BCUT2D eigenvalue weighted by Gasteiger charge is 2.38. The highest BCUT2D eigenvalue weighted by atomic mass is 32.1. The molecule has 0 unspecified atom stereocenters. The monoisotopic (exact) mass is 257 g/mol. The minimum absolute atomic E-state index is 0.370. The van der Waals surface area contributed by atoms with E-state index in [9.17, 15) is 0 Å². The minimum atomic E-state index is 0.370. The summed E-state index contributed by atoms with van der Waals surface area (Å²) in [5.41, 5.74) is 3.35. The number of nitrogens with one attached hydrogen (secondary N) is 1. The zero-order valence-electron chi connectivity index (χ0n) is 10.8. The summed E-state index contributed by atoms with van der Waals surface area (Å²) in [6, 6.07) is 13.3. The van der Waals surface area contributed by atoms with Gasteiger partial charge in [0, 0.05) is 23.4 Å². The van der Waals surface area contributed by atoms with Gasteiger partial charge in [-0.05, 0) is 42.3 Å². The molecule has 1 aromatic heterocycles. The predicted octanol–water partition coefficient (Wildman–Crippen LogP) is 3.53. The van der Waals surface area contributed by atoms with Gasteiger partial charge in [-0.1, -0.05) is 30.3 Å². The van der Waals surface area contributed by atoms with Crippen molar-refractivity contribution in [2.75, 3.05) is 13.1 Å². The lowest BCUT2D eigenvalue weighted by atomic mass is 9.70. The van der Waals surface area contributed by atoms with Crippen molar-refractivity contribution in [3.8, 4) is 0 Å². The van der Waals surface area contributed by atoms with E-state index in [2.05, 4.69) is 54.0 Å². The van der Waals surface area contributed by atoms with Crippen LogP contribution in [0.3, 0.4) is 0 Å². The van der Waals surface area contributed by atoms with Crippen LogP contribution < -0.4 is 5.32 Å². The molecule has 0 spiro atoms. The summed E-state index contributed by atoms with van der Waals surface area (Å²) in [6.07, 6.45) is 2.46. The van der Waals surface area contributed by atoms with E-state index in [1.54, 1.807) is 5.56 Å². The maximum Gasteiger partial charge on any atom is 0.0208 e. The third kappa shape index (κ3) is 2.11. The second-order valence-corrected chi connectivity index (χ2v) is 6.31. The van der Waals surface area contributed by atoms with Crippen LogP contribution in [0.15, 0.2) is 41.8 Å². The van der Waals surface area contributed by atoms with Gasteiger partial charge in [0.15, 0.2) is 0 Å². The lowest BCUT2D eigenvalue weighted by Crippen LogP contribution is -2.57. The van der Waals surface area contributed by atoms with Crippen LogP contribution >= 0.6 is 11.3 Å². The number of rotatable bonds is 4. The SMILES string of the molecule is Cc1ccccc1C1(CCc2cccs2)CNC1. The summed E-state index contributed by atoms with van der Waals surface area (Å²) in [6.45, 7) is 4.49. The fourth-order valence-corrected chi connectivity index (χ4v) is 3.62. The molecular formula is C16H19NS. The molecule has 1 fully saturated rings. The molecule has 0 bridgehead atoms. The zero-order chi connectivity index (χ0) is 12.4. The third-order valence-electron chi connectivity index (χ3n) is 4.07. The maximum atomic E-state index is 3.46. The van der Waals surface area contributed by atoms with Crippen molar-refractivity contribution in [1.82, 2.24) is 5.32 Å². The fourth-order valence-electron chi connectivity index (χ4n) is 2.91. The van der Waals surface area contributed by atoms with Crippen molar-refractivity contribution in [3.05, 3.63) is 57.8 Å². The van der Waals surface area contributed by atoms with E-state index in [4.69, 9.17) is 0 Å². The van der Waals surface area contributed by atoms with Gasteiger partial charge in [0.25, 0.3) is 0 Å². The van der Waals surface area contributed by atoms with Gasteiger partial charge in [-0.25, -0.2) is 0 Å². The van der Waals surface area contributed by atoms with Gasteiger partial charge in [0.2, 0.25) is 0 Å². The van der Waals surface area contributed by atoms with Crippen molar-refractivity contribution >= 4 is 11.3 Å². The highest BCUT2D eigenvalue weighted by molar-refractivity contribution is 7.09. The number of hydrogen-bond donors (Lipinski definition) is 1. The maximum absolute atomic E-state index is 3.46. The van der Waals surface area contributed by atoms with Gasteiger partial charge in [-0.15, -0.1) is 11.3 Å².